The molecule has 0 aromatic heterocycles. The van der Waals surface area contributed by atoms with E-state index in [0.717, 1.165) is 6.42 Å². The van der Waals surface area contributed by atoms with Crippen LogP contribution in [0.2, 0.25) is 0 Å². The predicted molar refractivity (Wildman–Crippen MR) is 127 cm³/mol. The molecule has 0 heterocycles. The highest BCUT2D eigenvalue weighted by Gasteiger charge is 2.09. The van der Waals surface area contributed by atoms with E-state index in [-0.39, 0.29) is 16.9 Å². The summed E-state index contributed by atoms with van der Waals surface area (Å²) in [5, 5.41) is 8.60. The first kappa shape index (κ1) is 22.0. The van der Waals surface area contributed by atoms with Gasteiger partial charge in [-0.15, -0.1) is 0 Å². The molecule has 0 saturated carbocycles. The van der Waals surface area contributed by atoms with Gasteiger partial charge in [0.1, 0.15) is 5.75 Å². The van der Waals surface area contributed by atoms with E-state index in [1.54, 1.807) is 72.8 Å². The highest BCUT2D eigenvalue weighted by Crippen LogP contribution is 2.17. The average Bonchev–Trinajstić information content (AvgIpc) is 2.78. The molecule has 0 aliphatic carbocycles. The van der Waals surface area contributed by atoms with Gasteiger partial charge in [0.15, 0.2) is 5.11 Å². The molecule has 158 valence electrons. The molecule has 0 aliphatic rings. The van der Waals surface area contributed by atoms with Gasteiger partial charge >= 0.3 is 0 Å². The zero-order valence-corrected chi connectivity index (χ0v) is 17.9. The molecule has 0 spiro atoms. The van der Waals surface area contributed by atoms with Gasteiger partial charge in [0, 0.05) is 22.5 Å². The SMILES string of the molecule is CCCOc1ccc(C(=O)NC(=S)Nc2cccc(NC(=O)c3ccccc3)c2)cc1. The van der Waals surface area contributed by atoms with Crippen LogP contribution in [0.4, 0.5) is 11.4 Å². The lowest BCUT2D eigenvalue weighted by molar-refractivity contribution is 0.0976. The average molecular weight is 434 g/mol. The highest BCUT2D eigenvalue weighted by atomic mass is 32.1. The van der Waals surface area contributed by atoms with Crippen molar-refractivity contribution in [2.24, 2.45) is 0 Å². The number of rotatable bonds is 7. The van der Waals surface area contributed by atoms with Gasteiger partial charge in [-0.1, -0.05) is 31.2 Å². The number of hydrogen-bond donors (Lipinski definition) is 3. The van der Waals surface area contributed by atoms with Crippen LogP contribution in [0.25, 0.3) is 0 Å². The number of carbonyl (C=O) groups is 2. The van der Waals surface area contributed by atoms with Crippen molar-refractivity contribution < 1.29 is 14.3 Å². The van der Waals surface area contributed by atoms with Crippen molar-refractivity contribution in [3.63, 3.8) is 0 Å². The first-order valence-corrected chi connectivity index (χ1v) is 10.3. The van der Waals surface area contributed by atoms with E-state index >= 15 is 0 Å². The second-order valence-corrected chi connectivity index (χ2v) is 7.09. The van der Waals surface area contributed by atoms with Crippen LogP contribution in [0.1, 0.15) is 34.1 Å². The third kappa shape index (κ3) is 6.65. The summed E-state index contributed by atoms with van der Waals surface area (Å²) in [7, 11) is 0. The second kappa shape index (κ2) is 10.9. The summed E-state index contributed by atoms with van der Waals surface area (Å²) in [4.78, 5) is 24.7. The molecule has 3 aromatic carbocycles. The topological polar surface area (TPSA) is 79.5 Å². The third-order valence-electron chi connectivity index (χ3n) is 4.23. The van der Waals surface area contributed by atoms with E-state index in [0.29, 0.717) is 34.9 Å². The van der Waals surface area contributed by atoms with Crippen molar-refractivity contribution in [1.82, 2.24) is 5.32 Å². The third-order valence-corrected chi connectivity index (χ3v) is 4.43. The molecule has 7 heteroatoms. The first-order chi connectivity index (χ1) is 15.0. The second-order valence-electron chi connectivity index (χ2n) is 6.68. The highest BCUT2D eigenvalue weighted by molar-refractivity contribution is 7.80. The molecule has 0 aliphatic heterocycles. The van der Waals surface area contributed by atoms with Crippen LogP contribution in [0.5, 0.6) is 5.75 Å². The van der Waals surface area contributed by atoms with Gasteiger partial charge in [-0.2, -0.15) is 0 Å². The minimum atomic E-state index is -0.326. The van der Waals surface area contributed by atoms with Crippen LogP contribution >= 0.6 is 12.2 Å². The predicted octanol–water partition coefficient (Wildman–Crippen LogP) is 4.85. The lowest BCUT2D eigenvalue weighted by Gasteiger charge is -2.12. The quantitative estimate of drug-likeness (QED) is 0.464. The maximum Gasteiger partial charge on any atom is 0.257 e. The van der Waals surface area contributed by atoms with Gasteiger partial charge < -0.3 is 15.4 Å². The molecule has 0 radical (unpaired) electrons. The first-order valence-electron chi connectivity index (χ1n) is 9.87. The Morgan fingerprint density at radius 3 is 2.13 bits per heavy atom. The summed E-state index contributed by atoms with van der Waals surface area (Å²) in [6.45, 7) is 2.66. The number of benzene rings is 3. The maximum absolute atomic E-state index is 12.4. The number of thiocarbonyl (C=S) groups is 1. The van der Waals surface area contributed by atoms with Crippen LogP contribution in [0.15, 0.2) is 78.9 Å². The van der Waals surface area contributed by atoms with Gasteiger partial charge in [0.05, 0.1) is 6.61 Å². The van der Waals surface area contributed by atoms with Gasteiger partial charge in [-0.05, 0) is 73.2 Å². The van der Waals surface area contributed by atoms with E-state index in [4.69, 9.17) is 17.0 Å². The summed E-state index contributed by atoms with van der Waals surface area (Å²) < 4.78 is 5.52. The minimum Gasteiger partial charge on any atom is -0.494 e. The molecule has 2 amide bonds. The number of ether oxygens (including phenoxy) is 1. The Kier molecular flexibility index (Phi) is 7.73. The number of carbonyl (C=O) groups excluding carboxylic acids is 2. The molecule has 0 unspecified atom stereocenters. The van der Waals surface area contributed by atoms with Gasteiger partial charge in [0.2, 0.25) is 0 Å². The number of hydrogen-bond acceptors (Lipinski definition) is 4. The molecular weight excluding hydrogens is 410 g/mol. The molecule has 0 bridgehead atoms. The molecule has 3 rings (SSSR count). The zero-order valence-electron chi connectivity index (χ0n) is 17.1. The Balaban J connectivity index is 1.56. The summed E-state index contributed by atoms with van der Waals surface area (Å²) in [5.41, 5.74) is 2.28. The van der Waals surface area contributed by atoms with Gasteiger partial charge in [-0.3, -0.25) is 14.9 Å². The van der Waals surface area contributed by atoms with Crippen molar-refractivity contribution in [1.29, 1.82) is 0 Å². The lowest BCUT2D eigenvalue weighted by atomic mass is 10.2. The number of anilines is 2. The van der Waals surface area contributed by atoms with Crippen LogP contribution in [-0.2, 0) is 0 Å². The lowest BCUT2D eigenvalue weighted by Crippen LogP contribution is -2.34. The fourth-order valence-corrected chi connectivity index (χ4v) is 2.94. The van der Waals surface area contributed by atoms with Gasteiger partial charge in [-0.25, -0.2) is 0 Å². The smallest absolute Gasteiger partial charge is 0.257 e. The summed E-state index contributed by atoms with van der Waals surface area (Å²) in [6, 6.07) is 22.9. The Hall–Kier alpha value is -3.71. The molecule has 0 fully saturated rings. The van der Waals surface area contributed by atoms with Crippen LogP contribution in [-0.4, -0.2) is 23.5 Å². The van der Waals surface area contributed by atoms with Gasteiger partial charge in [0.25, 0.3) is 11.8 Å². The fourth-order valence-electron chi connectivity index (χ4n) is 2.73. The van der Waals surface area contributed by atoms with E-state index in [1.165, 1.54) is 0 Å². The number of amides is 2. The standard InChI is InChI=1S/C24H23N3O3S/c1-2-15-30-21-13-11-18(12-14-21)23(29)27-24(31)26-20-10-6-9-19(16-20)25-22(28)17-7-4-3-5-8-17/h3-14,16H,2,15H2,1H3,(H,25,28)(H2,26,27,29,31). The Morgan fingerprint density at radius 2 is 1.45 bits per heavy atom. The van der Waals surface area contributed by atoms with Crippen LogP contribution in [0.3, 0.4) is 0 Å². The summed E-state index contributed by atoms with van der Waals surface area (Å²) >= 11 is 5.25. The van der Waals surface area contributed by atoms with E-state index in [1.807, 2.05) is 13.0 Å². The van der Waals surface area contributed by atoms with Crippen LogP contribution in [0, 0.1) is 0 Å². The maximum atomic E-state index is 12.4. The number of nitrogens with one attached hydrogen (secondary N) is 3. The summed E-state index contributed by atoms with van der Waals surface area (Å²) in [5.74, 6) is 0.182. The fraction of sp³-hybridized carbons (Fsp3) is 0.125. The van der Waals surface area contributed by atoms with Crippen molar-refractivity contribution in [2.75, 3.05) is 17.2 Å². The molecule has 0 atom stereocenters. The normalized spacial score (nSPS) is 10.1. The van der Waals surface area contributed by atoms with E-state index < -0.39 is 0 Å². The molecule has 3 N–H and O–H groups in total. The molecule has 6 nitrogen and oxygen atoms in total. The van der Waals surface area contributed by atoms with Crippen molar-refractivity contribution in [2.45, 2.75) is 13.3 Å². The van der Waals surface area contributed by atoms with Crippen molar-refractivity contribution >= 4 is 40.5 Å². The molecule has 31 heavy (non-hydrogen) atoms. The minimum absolute atomic E-state index is 0.155. The largest absolute Gasteiger partial charge is 0.494 e. The van der Waals surface area contributed by atoms with Crippen LogP contribution < -0.4 is 20.7 Å². The Labute approximate surface area is 186 Å². The van der Waals surface area contributed by atoms with Crippen molar-refractivity contribution in [3.05, 3.63) is 90.0 Å². The van der Waals surface area contributed by atoms with E-state index in [2.05, 4.69) is 16.0 Å². The Morgan fingerprint density at radius 1 is 0.806 bits per heavy atom. The zero-order chi connectivity index (χ0) is 22.1. The molecule has 3 aromatic rings. The van der Waals surface area contributed by atoms with E-state index in [9.17, 15) is 9.59 Å². The monoisotopic (exact) mass is 433 g/mol. The summed E-state index contributed by atoms with van der Waals surface area (Å²) in [6.07, 6.45) is 0.916. The molecular formula is C24H23N3O3S. The Bertz CT molecular complexity index is 1050. The van der Waals surface area contributed by atoms with Crippen molar-refractivity contribution in [3.8, 4) is 5.75 Å². The molecule has 0 saturated heterocycles.